The number of nitrogen functional groups attached to an aromatic ring is 1. The van der Waals surface area contributed by atoms with Crippen molar-refractivity contribution in [3.8, 4) is 0 Å². The van der Waals surface area contributed by atoms with Gasteiger partial charge in [-0.3, -0.25) is 0 Å². The van der Waals surface area contributed by atoms with E-state index in [0.29, 0.717) is 0 Å². The Labute approximate surface area is 95.9 Å². The van der Waals surface area contributed by atoms with Gasteiger partial charge in [0.2, 0.25) is 0 Å². The lowest BCUT2D eigenvalue weighted by Crippen LogP contribution is -2.24. The molecule has 0 saturated heterocycles. The Balaban J connectivity index is 2.96. The SMILES string of the molecule is C/C=c1\c(=C/CC)ccc2ccc(N)cc12. The Morgan fingerprint density at radius 1 is 1.19 bits per heavy atom. The molecule has 0 atom stereocenters. The van der Waals surface area contributed by atoms with Crippen molar-refractivity contribution in [3.63, 3.8) is 0 Å². The lowest BCUT2D eigenvalue weighted by molar-refractivity contribution is 1.28. The van der Waals surface area contributed by atoms with Crippen LogP contribution in [0.5, 0.6) is 0 Å². The van der Waals surface area contributed by atoms with Crippen molar-refractivity contribution in [2.75, 3.05) is 5.73 Å². The molecule has 0 aromatic heterocycles. The van der Waals surface area contributed by atoms with Crippen molar-refractivity contribution in [2.45, 2.75) is 20.3 Å². The van der Waals surface area contributed by atoms with Crippen molar-refractivity contribution >= 4 is 28.6 Å². The van der Waals surface area contributed by atoms with Crippen molar-refractivity contribution in [1.82, 2.24) is 0 Å². The van der Waals surface area contributed by atoms with Crippen LogP contribution in [0.1, 0.15) is 20.3 Å². The van der Waals surface area contributed by atoms with Crippen molar-refractivity contribution in [1.29, 1.82) is 0 Å². The summed E-state index contributed by atoms with van der Waals surface area (Å²) < 4.78 is 0. The van der Waals surface area contributed by atoms with E-state index in [1.54, 1.807) is 0 Å². The van der Waals surface area contributed by atoms with Crippen LogP contribution < -0.4 is 16.2 Å². The highest BCUT2D eigenvalue weighted by Crippen LogP contribution is 2.12. The van der Waals surface area contributed by atoms with Gasteiger partial charge in [0.15, 0.2) is 0 Å². The lowest BCUT2D eigenvalue weighted by Gasteiger charge is -2.01. The number of hydrogen-bond acceptors (Lipinski definition) is 1. The van der Waals surface area contributed by atoms with E-state index in [4.69, 9.17) is 5.73 Å². The maximum Gasteiger partial charge on any atom is 0.0320 e. The topological polar surface area (TPSA) is 26.0 Å². The zero-order valence-corrected chi connectivity index (χ0v) is 9.83. The number of rotatable bonds is 1. The molecule has 2 aromatic rings. The normalized spacial score (nSPS) is 13.6. The molecule has 16 heavy (non-hydrogen) atoms. The third-order valence-electron chi connectivity index (χ3n) is 2.83. The standard InChI is InChI=1S/C15H17N/c1-3-5-11-6-7-12-8-9-13(16)10-15(12)14(11)4-2/h4-10H,3,16H2,1-2H3/b11-5-,14-4+. The van der Waals surface area contributed by atoms with Crippen LogP contribution in [0.2, 0.25) is 0 Å². The Kier molecular flexibility index (Phi) is 2.95. The van der Waals surface area contributed by atoms with Crippen LogP contribution in [0.3, 0.4) is 0 Å². The van der Waals surface area contributed by atoms with Crippen molar-refractivity contribution in [2.24, 2.45) is 0 Å². The molecular weight excluding hydrogens is 194 g/mol. The summed E-state index contributed by atoms with van der Waals surface area (Å²) >= 11 is 0. The third-order valence-corrected chi connectivity index (χ3v) is 2.83. The van der Waals surface area contributed by atoms with Crippen LogP contribution in [0.4, 0.5) is 5.69 Å². The minimum absolute atomic E-state index is 0.823. The van der Waals surface area contributed by atoms with Crippen LogP contribution >= 0.6 is 0 Å². The molecule has 2 N–H and O–H groups in total. The van der Waals surface area contributed by atoms with E-state index in [-0.39, 0.29) is 0 Å². The van der Waals surface area contributed by atoms with Gasteiger partial charge < -0.3 is 5.73 Å². The molecular formula is C15H17N. The smallest absolute Gasteiger partial charge is 0.0320 e. The number of nitrogens with two attached hydrogens (primary N) is 1. The fraction of sp³-hybridized carbons (Fsp3) is 0.200. The van der Waals surface area contributed by atoms with Gasteiger partial charge in [0.1, 0.15) is 0 Å². The molecule has 82 valence electrons. The first kappa shape index (κ1) is 10.7. The fourth-order valence-corrected chi connectivity index (χ4v) is 2.10. The second-order valence-electron chi connectivity index (χ2n) is 3.95. The molecule has 0 aliphatic heterocycles. The molecule has 0 heterocycles. The average molecular weight is 211 g/mol. The molecule has 2 rings (SSSR count). The average Bonchev–Trinajstić information content (AvgIpc) is 2.29. The summed E-state index contributed by atoms with van der Waals surface area (Å²) in [6, 6.07) is 10.4. The molecule has 2 aromatic carbocycles. The third kappa shape index (κ3) is 1.81. The quantitative estimate of drug-likeness (QED) is 0.720. The van der Waals surface area contributed by atoms with E-state index in [2.05, 4.69) is 50.3 Å². The van der Waals surface area contributed by atoms with Gasteiger partial charge in [-0.2, -0.15) is 0 Å². The van der Waals surface area contributed by atoms with Crippen molar-refractivity contribution in [3.05, 3.63) is 40.8 Å². The highest BCUT2D eigenvalue weighted by atomic mass is 14.5. The second-order valence-corrected chi connectivity index (χ2v) is 3.95. The molecule has 0 saturated carbocycles. The predicted octanol–water partition coefficient (Wildman–Crippen LogP) is 2.41. The summed E-state index contributed by atoms with van der Waals surface area (Å²) in [6.45, 7) is 4.23. The van der Waals surface area contributed by atoms with Gasteiger partial charge in [-0.25, -0.2) is 0 Å². The zero-order valence-electron chi connectivity index (χ0n) is 9.83. The molecule has 0 fully saturated rings. The van der Waals surface area contributed by atoms with Crippen LogP contribution in [0, 0.1) is 0 Å². The van der Waals surface area contributed by atoms with E-state index < -0.39 is 0 Å². The lowest BCUT2D eigenvalue weighted by atomic mass is 10.0. The van der Waals surface area contributed by atoms with Gasteiger partial charge in [0, 0.05) is 5.69 Å². The summed E-state index contributed by atoms with van der Waals surface area (Å²) in [5, 5.41) is 5.06. The number of hydrogen-bond donors (Lipinski definition) is 1. The maximum atomic E-state index is 5.85. The molecule has 0 aliphatic rings. The molecule has 0 bridgehead atoms. The van der Waals surface area contributed by atoms with E-state index in [1.807, 2.05) is 6.07 Å². The minimum atomic E-state index is 0.823. The first-order valence-electron chi connectivity index (χ1n) is 5.71. The van der Waals surface area contributed by atoms with Gasteiger partial charge in [-0.05, 0) is 46.7 Å². The molecule has 0 aliphatic carbocycles. The van der Waals surface area contributed by atoms with Gasteiger partial charge in [0.25, 0.3) is 0 Å². The number of anilines is 1. The monoisotopic (exact) mass is 211 g/mol. The summed E-state index contributed by atoms with van der Waals surface area (Å²) in [5.74, 6) is 0. The van der Waals surface area contributed by atoms with Crippen molar-refractivity contribution < 1.29 is 0 Å². The predicted molar refractivity (Wildman–Crippen MR) is 72.5 cm³/mol. The Bertz CT molecular complexity index is 624. The highest BCUT2D eigenvalue weighted by Gasteiger charge is 1.96. The number of fused-ring (bicyclic) bond motifs is 1. The summed E-state index contributed by atoms with van der Waals surface area (Å²) in [4.78, 5) is 0. The van der Waals surface area contributed by atoms with E-state index in [1.165, 1.54) is 21.2 Å². The largest absolute Gasteiger partial charge is 0.399 e. The second kappa shape index (κ2) is 4.40. The summed E-state index contributed by atoms with van der Waals surface area (Å²) in [6.07, 6.45) is 5.45. The molecule has 0 radical (unpaired) electrons. The van der Waals surface area contributed by atoms with Crippen LogP contribution in [-0.4, -0.2) is 0 Å². The molecule has 1 heteroatoms. The van der Waals surface area contributed by atoms with Gasteiger partial charge in [-0.15, -0.1) is 0 Å². The van der Waals surface area contributed by atoms with Crippen LogP contribution in [-0.2, 0) is 0 Å². The Hall–Kier alpha value is -1.76. The van der Waals surface area contributed by atoms with E-state index >= 15 is 0 Å². The zero-order chi connectivity index (χ0) is 11.5. The molecule has 0 amide bonds. The van der Waals surface area contributed by atoms with Gasteiger partial charge in [0.05, 0.1) is 0 Å². The maximum absolute atomic E-state index is 5.85. The van der Waals surface area contributed by atoms with E-state index in [0.717, 1.165) is 12.1 Å². The Morgan fingerprint density at radius 3 is 2.62 bits per heavy atom. The molecule has 0 unspecified atom stereocenters. The summed E-state index contributed by atoms with van der Waals surface area (Å²) in [7, 11) is 0. The van der Waals surface area contributed by atoms with Crippen LogP contribution in [0.15, 0.2) is 30.3 Å². The first-order valence-corrected chi connectivity index (χ1v) is 5.71. The number of benzene rings is 2. The van der Waals surface area contributed by atoms with E-state index in [9.17, 15) is 0 Å². The molecule has 1 nitrogen and oxygen atoms in total. The summed E-state index contributed by atoms with van der Waals surface area (Å²) in [5.41, 5.74) is 6.67. The minimum Gasteiger partial charge on any atom is -0.399 e. The van der Waals surface area contributed by atoms with Gasteiger partial charge >= 0.3 is 0 Å². The van der Waals surface area contributed by atoms with Gasteiger partial charge in [-0.1, -0.05) is 37.3 Å². The molecule has 0 spiro atoms. The highest BCUT2D eigenvalue weighted by molar-refractivity contribution is 5.86. The first-order chi connectivity index (χ1) is 7.76. The fourth-order valence-electron chi connectivity index (χ4n) is 2.10. The Morgan fingerprint density at radius 2 is 1.94 bits per heavy atom. The van der Waals surface area contributed by atoms with Crippen LogP contribution in [0.25, 0.3) is 22.9 Å².